The zero-order chi connectivity index (χ0) is 41.0. The smallest absolute Gasteiger partial charge is 0.164 e. The second-order valence-electron chi connectivity index (χ2n) is 15.6. The van der Waals surface area contributed by atoms with E-state index in [0.29, 0.717) is 17.5 Å². The lowest BCUT2D eigenvalue weighted by molar-refractivity contribution is 1.07. The molecule has 3 aromatic heterocycles. The molecule has 290 valence electrons. The number of benzene rings is 9. The zero-order valence-electron chi connectivity index (χ0n) is 33.6. The van der Waals surface area contributed by atoms with E-state index < -0.39 is 0 Å². The molecule has 0 N–H and O–H groups in total. The fourth-order valence-corrected chi connectivity index (χ4v) is 9.19. The molecule has 0 unspecified atom stereocenters. The van der Waals surface area contributed by atoms with Gasteiger partial charge in [-0.1, -0.05) is 182 Å². The van der Waals surface area contributed by atoms with Crippen molar-refractivity contribution in [3.63, 3.8) is 0 Å². The summed E-state index contributed by atoms with van der Waals surface area (Å²) in [5, 5.41) is 4.89. The van der Waals surface area contributed by atoms with E-state index in [2.05, 4.69) is 173 Å². The van der Waals surface area contributed by atoms with Gasteiger partial charge in [-0.3, -0.25) is 0 Å². The van der Waals surface area contributed by atoms with Crippen LogP contribution in [0.15, 0.2) is 224 Å². The summed E-state index contributed by atoms with van der Waals surface area (Å²) >= 11 is 0. The normalized spacial score (nSPS) is 11.5. The zero-order valence-corrected chi connectivity index (χ0v) is 33.6. The van der Waals surface area contributed by atoms with Crippen molar-refractivity contribution >= 4 is 43.6 Å². The Hall–Kier alpha value is -8.41. The van der Waals surface area contributed by atoms with Crippen LogP contribution in [0.5, 0.6) is 0 Å². The van der Waals surface area contributed by atoms with Gasteiger partial charge in [0.2, 0.25) is 0 Å². The van der Waals surface area contributed by atoms with Gasteiger partial charge in [-0.25, -0.2) is 15.0 Å². The first-order chi connectivity index (χ1) is 30.8. The highest BCUT2D eigenvalue weighted by atomic mass is 15.0. The van der Waals surface area contributed by atoms with E-state index in [1.165, 1.54) is 49.2 Å². The topological polar surface area (TPSA) is 48.5 Å². The standard InChI is InChI=1S/C57H37N5/c1-4-18-38(19-5-1)55-58-56(39-20-6-2-7-21-39)60-57(59-55)42-24-14-22-40(36-42)41-23-15-27-44(37-41)62-52-35-13-11-29-46(52)48-31-17-33-50(54(48)62)49-32-16-30-47-45-28-10-12-34-51(45)61(53(47)49)43-25-8-3-9-26-43/h1-37H. The Morgan fingerprint density at radius 2 is 0.629 bits per heavy atom. The number of hydrogen-bond acceptors (Lipinski definition) is 3. The van der Waals surface area contributed by atoms with Crippen LogP contribution in [0.1, 0.15) is 0 Å². The molecule has 0 aliphatic carbocycles. The van der Waals surface area contributed by atoms with Crippen LogP contribution in [0.25, 0.3) is 111 Å². The number of para-hydroxylation sites is 5. The molecule has 9 aromatic carbocycles. The molecular formula is C57H37N5. The average molecular weight is 792 g/mol. The van der Waals surface area contributed by atoms with Crippen molar-refractivity contribution in [2.75, 3.05) is 0 Å². The van der Waals surface area contributed by atoms with Gasteiger partial charge in [-0.2, -0.15) is 0 Å². The summed E-state index contributed by atoms with van der Waals surface area (Å²) < 4.78 is 4.88. The van der Waals surface area contributed by atoms with E-state index in [1.54, 1.807) is 0 Å². The summed E-state index contributed by atoms with van der Waals surface area (Å²) in [5.41, 5.74) is 14.3. The molecule has 3 heterocycles. The Kier molecular flexibility index (Phi) is 8.42. The highest BCUT2D eigenvalue weighted by molar-refractivity contribution is 6.19. The maximum absolute atomic E-state index is 5.03. The quantitative estimate of drug-likeness (QED) is 0.162. The third-order valence-corrected chi connectivity index (χ3v) is 12.0. The molecule has 0 spiro atoms. The van der Waals surface area contributed by atoms with Gasteiger partial charge >= 0.3 is 0 Å². The molecule has 0 fully saturated rings. The Morgan fingerprint density at radius 3 is 1.19 bits per heavy atom. The fourth-order valence-electron chi connectivity index (χ4n) is 9.19. The Morgan fingerprint density at radius 1 is 0.258 bits per heavy atom. The van der Waals surface area contributed by atoms with Gasteiger partial charge in [0.05, 0.1) is 22.1 Å². The highest BCUT2D eigenvalue weighted by Gasteiger charge is 2.22. The van der Waals surface area contributed by atoms with Gasteiger partial charge in [0, 0.05) is 60.7 Å². The van der Waals surface area contributed by atoms with Crippen LogP contribution in [0.2, 0.25) is 0 Å². The average Bonchev–Trinajstić information content (AvgIpc) is 3.88. The summed E-state index contributed by atoms with van der Waals surface area (Å²) in [5.74, 6) is 1.91. The van der Waals surface area contributed by atoms with Crippen molar-refractivity contribution in [1.82, 2.24) is 24.1 Å². The SMILES string of the molecule is c1ccc(-c2nc(-c3ccccc3)nc(-c3cccc(-c4cccc(-n5c6ccccc6c6cccc(-c7cccc8c9ccccc9n(-c9ccccc9)c78)c65)c4)c3)n2)cc1. The van der Waals surface area contributed by atoms with E-state index in [1.807, 2.05) is 60.7 Å². The predicted molar refractivity (Wildman–Crippen MR) is 256 cm³/mol. The van der Waals surface area contributed by atoms with Gasteiger partial charge in [0.25, 0.3) is 0 Å². The maximum Gasteiger partial charge on any atom is 0.164 e. The van der Waals surface area contributed by atoms with Crippen LogP contribution in [0, 0.1) is 0 Å². The largest absolute Gasteiger partial charge is 0.309 e. The van der Waals surface area contributed by atoms with Crippen LogP contribution in [-0.2, 0) is 0 Å². The fraction of sp³-hybridized carbons (Fsp3) is 0. The first-order valence-electron chi connectivity index (χ1n) is 21.0. The molecule has 0 bridgehead atoms. The number of aromatic nitrogens is 5. The molecule has 0 amide bonds. The summed E-state index contributed by atoms with van der Waals surface area (Å²) in [6.07, 6.45) is 0. The van der Waals surface area contributed by atoms with Gasteiger partial charge < -0.3 is 9.13 Å². The second kappa shape index (κ2) is 14.7. The minimum Gasteiger partial charge on any atom is -0.309 e. The summed E-state index contributed by atoms with van der Waals surface area (Å²) in [6, 6.07) is 79.4. The third kappa shape index (κ3) is 5.90. The van der Waals surface area contributed by atoms with Gasteiger partial charge in [0.15, 0.2) is 17.5 Å². The molecule has 5 nitrogen and oxygen atoms in total. The number of nitrogens with zero attached hydrogens (tertiary/aromatic N) is 5. The van der Waals surface area contributed by atoms with E-state index >= 15 is 0 Å². The molecule has 12 aromatic rings. The van der Waals surface area contributed by atoms with Crippen LogP contribution in [0.4, 0.5) is 0 Å². The van der Waals surface area contributed by atoms with E-state index in [9.17, 15) is 0 Å². The number of rotatable bonds is 7. The molecule has 0 saturated heterocycles. The second-order valence-corrected chi connectivity index (χ2v) is 15.6. The molecule has 0 saturated carbocycles. The Balaban J connectivity index is 1.04. The molecule has 0 radical (unpaired) electrons. The molecule has 12 rings (SSSR count). The Labute approximate surface area is 358 Å². The molecule has 62 heavy (non-hydrogen) atoms. The third-order valence-electron chi connectivity index (χ3n) is 12.0. The van der Waals surface area contributed by atoms with E-state index in [4.69, 9.17) is 15.0 Å². The Bertz CT molecular complexity index is 3570. The van der Waals surface area contributed by atoms with Gasteiger partial charge in [-0.15, -0.1) is 0 Å². The van der Waals surface area contributed by atoms with Gasteiger partial charge in [0.1, 0.15) is 0 Å². The van der Waals surface area contributed by atoms with Crippen LogP contribution in [0.3, 0.4) is 0 Å². The van der Waals surface area contributed by atoms with Crippen molar-refractivity contribution in [3.8, 4) is 67.8 Å². The number of hydrogen-bond donors (Lipinski definition) is 0. The van der Waals surface area contributed by atoms with Crippen molar-refractivity contribution in [3.05, 3.63) is 224 Å². The lowest BCUT2D eigenvalue weighted by Crippen LogP contribution is -2.00. The molecule has 0 atom stereocenters. The van der Waals surface area contributed by atoms with E-state index in [0.717, 1.165) is 44.7 Å². The van der Waals surface area contributed by atoms with E-state index in [-0.39, 0.29) is 0 Å². The van der Waals surface area contributed by atoms with Crippen molar-refractivity contribution < 1.29 is 0 Å². The van der Waals surface area contributed by atoms with Crippen LogP contribution in [-0.4, -0.2) is 24.1 Å². The summed E-state index contributed by atoms with van der Waals surface area (Å²) in [6.45, 7) is 0. The predicted octanol–water partition coefficient (Wildman–Crippen LogP) is 14.4. The molecule has 0 aliphatic heterocycles. The first kappa shape index (κ1) is 35.5. The van der Waals surface area contributed by atoms with Crippen LogP contribution < -0.4 is 0 Å². The minimum atomic E-state index is 0.629. The number of fused-ring (bicyclic) bond motifs is 6. The lowest BCUT2D eigenvalue weighted by atomic mass is 9.99. The molecule has 0 aliphatic rings. The highest BCUT2D eigenvalue weighted by Crippen LogP contribution is 2.43. The van der Waals surface area contributed by atoms with Crippen molar-refractivity contribution in [1.29, 1.82) is 0 Å². The molecular weight excluding hydrogens is 755 g/mol. The lowest BCUT2D eigenvalue weighted by Gasteiger charge is -2.15. The van der Waals surface area contributed by atoms with Gasteiger partial charge in [-0.05, 0) is 53.6 Å². The van der Waals surface area contributed by atoms with Crippen molar-refractivity contribution in [2.45, 2.75) is 0 Å². The summed E-state index contributed by atoms with van der Waals surface area (Å²) in [4.78, 5) is 15.0. The van der Waals surface area contributed by atoms with Crippen molar-refractivity contribution in [2.24, 2.45) is 0 Å². The maximum atomic E-state index is 5.03. The summed E-state index contributed by atoms with van der Waals surface area (Å²) in [7, 11) is 0. The van der Waals surface area contributed by atoms with Crippen LogP contribution >= 0.6 is 0 Å². The minimum absolute atomic E-state index is 0.629. The molecule has 5 heteroatoms. The monoisotopic (exact) mass is 791 g/mol. The first-order valence-corrected chi connectivity index (χ1v) is 21.0.